The van der Waals surface area contributed by atoms with Gasteiger partial charge in [-0.2, -0.15) is 0 Å². The van der Waals surface area contributed by atoms with E-state index in [1.807, 2.05) is 0 Å². The number of rotatable bonds is 4. The topological polar surface area (TPSA) is 50.4 Å². The second-order valence-corrected chi connectivity index (χ2v) is 4.64. The smallest absolute Gasteiger partial charge is 0.407 e. The molecule has 2 N–H and O–H groups in total. The third kappa shape index (κ3) is 2.09. The SMILES string of the molecule is CCCCOC(=O)NC12CCC1CNC2. The van der Waals surface area contributed by atoms with Crippen molar-refractivity contribution in [3.63, 3.8) is 0 Å². The molecule has 0 radical (unpaired) electrons. The van der Waals surface area contributed by atoms with E-state index in [0.717, 1.165) is 32.4 Å². The molecule has 0 spiro atoms. The lowest BCUT2D eigenvalue weighted by molar-refractivity contribution is 0.0948. The molecule has 0 aromatic rings. The van der Waals surface area contributed by atoms with Crippen LogP contribution in [0.1, 0.15) is 32.6 Å². The van der Waals surface area contributed by atoms with E-state index in [1.54, 1.807) is 0 Å². The summed E-state index contributed by atoms with van der Waals surface area (Å²) in [7, 11) is 0. The first-order valence-corrected chi connectivity index (χ1v) is 5.92. The van der Waals surface area contributed by atoms with Crippen LogP contribution < -0.4 is 10.6 Å². The molecule has 0 aromatic carbocycles. The summed E-state index contributed by atoms with van der Waals surface area (Å²) >= 11 is 0. The Morgan fingerprint density at radius 1 is 1.67 bits per heavy atom. The number of carbonyl (C=O) groups excluding carboxylic acids is 1. The highest BCUT2D eigenvalue weighted by Crippen LogP contribution is 2.41. The minimum Gasteiger partial charge on any atom is -0.450 e. The zero-order valence-electron chi connectivity index (χ0n) is 9.34. The van der Waals surface area contributed by atoms with E-state index in [1.165, 1.54) is 6.42 Å². The van der Waals surface area contributed by atoms with Crippen LogP contribution in [-0.4, -0.2) is 31.3 Å². The van der Waals surface area contributed by atoms with E-state index in [9.17, 15) is 4.79 Å². The Morgan fingerprint density at radius 2 is 2.53 bits per heavy atom. The molecule has 1 amide bonds. The maximum Gasteiger partial charge on any atom is 0.407 e. The zero-order valence-corrected chi connectivity index (χ0v) is 9.34. The molecular formula is C11H20N2O2. The molecule has 1 heterocycles. The Morgan fingerprint density at radius 3 is 3.13 bits per heavy atom. The molecule has 1 saturated heterocycles. The van der Waals surface area contributed by atoms with Crippen LogP contribution in [0, 0.1) is 5.92 Å². The molecule has 0 bridgehead atoms. The summed E-state index contributed by atoms with van der Waals surface area (Å²) in [6.45, 7) is 4.56. The van der Waals surface area contributed by atoms with Gasteiger partial charge >= 0.3 is 6.09 Å². The summed E-state index contributed by atoms with van der Waals surface area (Å²) in [4.78, 5) is 11.5. The summed E-state index contributed by atoms with van der Waals surface area (Å²) in [5.41, 5.74) is 0.0172. The maximum absolute atomic E-state index is 11.5. The fourth-order valence-electron chi connectivity index (χ4n) is 2.45. The van der Waals surface area contributed by atoms with Gasteiger partial charge in [0.25, 0.3) is 0 Å². The number of hydrogen-bond acceptors (Lipinski definition) is 3. The molecule has 2 atom stereocenters. The third-order valence-electron chi connectivity index (χ3n) is 3.63. The summed E-state index contributed by atoms with van der Waals surface area (Å²) in [5, 5.41) is 6.35. The van der Waals surface area contributed by atoms with Crippen molar-refractivity contribution in [1.29, 1.82) is 0 Å². The number of carbonyl (C=O) groups is 1. The number of ether oxygens (including phenoxy) is 1. The number of amides is 1. The van der Waals surface area contributed by atoms with Gasteiger partial charge in [-0.05, 0) is 25.2 Å². The third-order valence-corrected chi connectivity index (χ3v) is 3.63. The predicted molar refractivity (Wildman–Crippen MR) is 57.7 cm³/mol. The van der Waals surface area contributed by atoms with E-state index in [-0.39, 0.29) is 11.6 Å². The monoisotopic (exact) mass is 212 g/mol. The van der Waals surface area contributed by atoms with Gasteiger partial charge in [-0.1, -0.05) is 13.3 Å². The Hall–Kier alpha value is -0.770. The largest absolute Gasteiger partial charge is 0.450 e. The van der Waals surface area contributed by atoms with E-state index < -0.39 is 0 Å². The summed E-state index contributed by atoms with van der Waals surface area (Å²) < 4.78 is 5.11. The van der Waals surface area contributed by atoms with Crippen molar-refractivity contribution in [2.45, 2.75) is 38.1 Å². The van der Waals surface area contributed by atoms with Crippen LogP contribution in [0.15, 0.2) is 0 Å². The van der Waals surface area contributed by atoms with Gasteiger partial charge in [0.15, 0.2) is 0 Å². The lowest BCUT2D eigenvalue weighted by Crippen LogP contribution is -2.60. The lowest BCUT2D eigenvalue weighted by Gasteiger charge is -2.44. The van der Waals surface area contributed by atoms with Crippen molar-refractivity contribution < 1.29 is 9.53 Å². The molecule has 2 rings (SSSR count). The molecule has 2 aliphatic rings. The van der Waals surface area contributed by atoms with E-state index in [0.29, 0.717) is 12.5 Å². The van der Waals surface area contributed by atoms with Crippen LogP contribution >= 0.6 is 0 Å². The molecule has 2 fully saturated rings. The van der Waals surface area contributed by atoms with Crippen molar-refractivity contribution in [3.8, 4) is 0 Å². The number of unbranched alkanes of at least 4 members (excludes halogenated alkanes) is 1. The van der Waals surface area contributed by atoms with Gasteiger partial charge in [0.05, 0.1) is 12.1 Å². The molecular weight excluding hydrogens is 192 g/mol. The molecule has 15 heavy (non-hydrogen) atoms. The van der Waals surface area contributed by atoms with Crippen LogP contribution in [0.2, 0.25) is 0 Å². The first-order chi connectivity index (χ1) is 7.27. The summed E-state index contributed by atoms with van der Waals surface area (Å²) in [6.07, 6.45) is 4.08. The number of fused-ring (bicyclic) bond motifs is 1. The fourth-order valence-corrected chi connectivity index (χ4v) is 2.45. The minimum atomic E-state index is -0.239. The summed E-state index contributed by atoms with van der Waals surface area (Å²) in [6, 6.07) is 0. The second kappa shape index (κ2) is 4.39. The van der Waals surface area contributed by atoms with Gasteiger partial charge in [-0.25, -0.2) is 4.79 Å². The molecule has 2 unspecified atom stereocenters. The van der Waals surface area contributed by atoms with Crippen LogP contribution in [0.4, 0.5) is 4.79 Å². The first kappa shape index (κ1) is 10.7. The Bertz CT molecular complexity index is 245. The van der Waals surface area contributed by atoms with Crippen LogP contribution in [0.3, 0.4) is 0 Å². The van der Waals surface area contributed by atoms with Crippen molar-refractivity contribution in [3.05, 3.63) is 0 Å². The Labute approximate surface area is 90.8 Å². The van der Waals surface area contributed by atoms with E-state index >= 15 is 0 Å². The maximum atomic E-state index is 11.5. The van der Waals surface area contributed by atoms with Gasteiger partial charge in [0.2, 0.25) is 0 Å². The van der Waals surface area contributed by atoms with Crippen LogP contribution in [-0.2, 0) is 4.74 Å². The van der Waals surface area contributed by atoms with Gasteiger partial charge in [0.1, 0.15) is 0 Å². The molecule has 1 saturated carbocycles. The van der Waals surface area contributed by atoms with E-state index in [4.69, 9.17) is 4.74 Å². The summed E-state index contributed by atoms with van der Waals surface area (Å²) in [5.74, 6) is 0.622. The molecule has 1 aliphatic heterocycles. The van der Waals surface area contributed by atoms with Gasteiger partial charge < -0.3 is 15.4 Å². The first-order valence-electron chi connectivity index (χ1n) is 5.92. The standard InChI is InChI=1S/C11H20N2O2/c1-2-3-6-15-10(14)13-11-5-4-9(11)7-12-8-11/h9,12H,2-8H2,1H3,(H,13,14). The van der Waals surface area contributed by atoms with Gasteiger partial charge in [-0.15, -0.1) is 0 Å². The number of alkyl carbamates (subject to hydrolysis) is 1. The zero-order chi connectivity index (χ0) is 10.7. The molecule has 4 heteroatoms. The molecule has 4 nitrogen and oxygen atoms in total. The van der Waals surface area contributed by atoms with Crippen molar-refractivity contribution >= 4 is 6.09 Å². The highest BCUT2D eigenvalue weighted by molar-refractivity contribution is 5.68. The highest BCUT2D eigenvalue weighted by Gasteiger charge is 2.51. The Balaban J connectivity index is 1.74. The van der Waals surface area contributed by atoms with Crippen LogP contribution in [0.25, 0.3) is 0 Å². The molecule has 86 valence electrons. The highest BCUT2D eigenvalue weighted by atomic mass is 16.5. The number of hydrogen-bond donors (Lipinski definition) is 2. The molecule has 1 aliphatic carbocycles. The quantitative estimate of drug-likeness (QED) is 0.690. The van der Waals surface area contributed by atoms with Crippen molar-refractivity contribution in [2.75, 3.05) is 19.7 Å². The predicted octanol–water partition coefficient (Wildman–Crippen LogP) is 1.26. The normalized spacial score (nSPS) is 33.0. The van der Waals surface area contributed by atoms with Crippen molar-refractivity contribution in [1.82, 2.24) is 10.6 Å². The Kier molecular flexibility index (Phi) is 3.14. The molecule has 0 aromatic heterocycles. The average Bonchev–Trinajstić information content (AvgIpc) is 2.46. The second-order valence-electron chi connectivity index (χ2n) is 4.64. The van der Waals surface area contributed by atoms with Crippen molar-refractivity contribution in [2.24, 2.45) is 5.92 Å². The van der Waals surface area contributed by atoms with Gasteiger partial charge in [0, 0.05) is 13.1 Å². The van der Waals surface area contributed by atoms with Gasteiger partial charge in [-0.3, -0.25) is 0 Å². The van der Waals surface area contributed by atoms with E-state index in [2.05, 4.69) is 17.6 Å². The lowest BCUT2D eigenvalue weighted by atomic mass is 9.69. The fraction of sp³-hybridized carbons (Fsp3) is 0.909. The van der Waals surface area contributed by atoms with Crippen LogP contribution in [0.5, 0.6) is 0 Å². The number of nitrogens with one attached hydrogen (secondary N) is 2. The minimum absolute atomic E-state index is 0.0172. The average molecular weight is 212 g/mol.